The first kappa shape index (κ1) is 12.7. The topological polar surface area (TPSA) is 46.2 Å². The quantitative estimate of drug-likeness (QED) is 0.519. The van der Waals surface area contributed by atoms with E-state index in [0.29, 0.717) is 6.42 Å². The minimum absolute atomic E-state index is 0.259. The van der Waals surface area contributed by atoms with Gasteiger partial charge in [-0.3, -0.25) is 0 Å². The molecule has 0 heterocycles. The van der Waals surface area contributed by atoms with Crippen molar-refractivity contribution in [3.05, 3.63) is 11.6 Å². The molecule has 0 saturated heterocycles. The van der Waals surface area contributed by atoms with Crippen molar-refractivity contribution in [2.75, 3.05) is 25.6 Å². The minimum atomic E-state index is -2.81. The van der Waals surface area contributed by atoms with E-state index in [1.807, 2.05) is 14.0 Å². The van der Waals surface area contributed by atoms with E-state index in [0.717, 1.165) is 18.5 Å². The lowest BCUT2D eigenvalue weighted by Gasteiger charge is -2.00. The summed E-state index contributed by atoms with van der Waals surface area (Å²) in [6, 6.07) is 0. The molecule has 3 nitrogen and oxygen atoms in total. The molecule has 0 saturated carbocycles. The molecule has 1 N–H and O–H groups in total. The van der Waals surface area contributed by atoms with E-state index in [2.05, 4.69) is 11.4 Å². The van der Waals surface area contributed by atoms with Crippen LogP contribution in [0.1, 0.15) is 19.8 Å². The fourth-order valence-corrected chi connectivity index (χ4v) is 1.60. The lowest BCUT2D eigenvalue weighted by molar-refractivity contribution is 0.601. The van der Waals surface area contributed by atoms with Crippen molar-refractivity contribution < 1.29 is 8.42 Å². The van der Waals surface area contributed by atoms with Gasteiger partial charge in [0.15, 0.2) is 0 Å². The van der Waals surface area contributed by atoms with Gasteiger partial charge >= 0.3 is 0 Å². The standard InChI is InChI=1S/C9H19NO2S/c1-9(5-4-7-10-2)6-8-13(3,11)12/h5,10H,4,6-8H2,1-3H3. The monoisotopic (exact) mass is 205 g/mol. The third-order valence-electron chi connectivity index (χ3n) is 1.75. The zero-order chi connectivity index (χ0) is 10.3. The van der Waals surface area contributed by atoms with Crippen LogP contribution in [-0.2, 0) is 9.84 Å². The van der Waals surface area contributed by atoms with Crippen LogP contribution in [-0.4, -0.2) is 34.0 Å². The first-order chi connectivity index (χ1) is 5.95. The van der Waals surface area contributed by atoms with E-state index in [9.17, 15) is 8.42 Å². The summed E-state index contributed by atoms with van der Waals surface area (Å²) >= 11 is 0. The summed E-state index contributed by atoms with van der Waals surface area (Å²) in [4.78, 5) is 0. The largest absolute Gasteiger partial charge is 0.319 e. The average Bonchev–Trinajstić information content (AvgIpc) is 2.00. The number of sulfone groups is 1. The van der Waals surface area contributed by atoms with Gasteiger partial charge in [0.25, 0.3) is 0 Å². The first-order valence-electron chi connectivity index (χ1n) is 4.43. The van der Waals surface area contributed by atoms with Gasteiger partial charge in [0.1, 0.15) is 9.84 Å². The minimum Gasteiger partial charge on any atom is -0.319 e. The van der Waals surface area contributed by atoms with Crippen molar-refractivity contribution in [2.24, 2.45) is 0 Å². The van der Waals surface area contributed by atoms with Gasteiger partial charge in [-0.05, 0) is 33.4 Å². The summed E-state index contributed by atoms with van der Waals surface area (Å²) < 4.78 is 21.7. The molecule has 0 aromatic carbocycles. The molecular formula is C9H19NO2S. The van der Waals surface area contributed by atoms with Gasteiger partial charge in [-0.2, -0.15) is 0 Å². The lowest BCUT2D eigenvalue weighted by atomic mass is 10.2. The molecule has 78 valence electrons. The summed E-state index contributed by atoms with van der Waals surface area (Å²) in [5.41, 5.74) is 1.15. The van der Waals surface area contributed by atoms with Crippen molar-refractivity contribution in [1.29, 1.82) is 0 Å². The van der Waals surface area contributed by atoms with E-state index in [4.69, 9.17) is 0 Å². The number of hydrogen-bond donors (Lipinski definition) is 1. The first-order valence-corrected chi connectivity index (χ1v) is 6.49. The summed E-state index contributed by atoms with van der Waals surface area (Å²) in [6.45, 7) is 2.91. The van der Waals surface area contributed by atoms with Gasteiger partial charge in [0, 0.05) is 6.26 Å². The van der Waals surface area contributed by atoms with Crippen LogP contribution >= 0.6 is 0 Å². The van der Waals surface area contributed by atoms with Gasteiger partial charge in [0.05, 0.1) is 5.75 Å². The fourth-order valence-electron chi connectivity index (χ4n) is 0.911. The Balaban J connectivity index is 3.74. The number of rotatable bonds is 6. The predicted molar refractivity (Wildman–Crippen MR) is 56.6 cm³/mol. The van der Waals surface area contributed by atoms with E-state index in [-0.39, 0.29) is 5.75 Å². The maximum atomic E-state index is 10.8. The molecule has 0 amide bonds. The summed E-state index contributed by atoms with van der Waals surface area (Å²) in [7, 11) is -0.904. The van der Waals surface area contributed by atoms with E-state index in [1.54, 1.807) is 0 Å². The molecule has 0 unspecified atom stereocenters. The highest BCUT2D eigenvalue weighted by Crippen LogP contribution is 2.03. The van der Waals surface area contributed by atoms with Crippen LogP contribution < -0.4 is 5.32 Å². The van der Waals surface area contributed by atoms with Crippen LogP contribution in [0, 0.1) is 0 Å². The Morgan fingerprint density at radius 1 is 1.46 bits per heavy atom. The van der Waals surface area contributed by atoms with Crippen LogP contribution in [0.5, 0.6) is 0 Å². The Labute approximate surface area is 81.1 Å². The Bertz CT molecular complexity index is 255. The summed E-state index contributed by atoms with van der Waals surface area (Å²) in [5.74, 6) is 0.259. The van der Waals surface area contributed by atoms with E-state index in [1.165, 1.54) is 6.26 Å². The molecule has 0 spiro atoms. The van der Waals surface area contributed by atoms with Crippen molar-refractivity contribution in [1.82, 2.24) is 5.32 Å². The van der Waals surface area contributed by atoms with Crippen LogP contribution in [0.4, 0.5) is 0 Å². The molecule has 13 heavy (non-hydrogen) atoms. The third-order valence-corrected chi connectivity index (χ3v) is 2.70. The van der Waals surface area contributed by atoms with E-state index >= 15 is 0 Å². The molecule has 0 radical (unpaired) electrons. The molecule has 0 rings (SSSR count). The van der Waals surface area contributed by atoms with Gasteiger partial charge in [0.2, 0.25) is 0 Å². The molecule has 0 aliphatic carbocycles. The maximum absolute atomic E-state index is 10.8. The molecule has 0 aliphatic rings. The molecule has 0 aromatic rings. The van der Waals surface area contributed by atoms with Crippen LogP contribution in [0.3, 0.4) is 0 Å². The smallest absolute Gasteiger partial charge is 0.147 e. The van der Waals surface area contributed by atoms with Gasteiger partial charge in [-0.15, -0.1) is 0 Å². The number of nitrogens with one attached hydrogen (secondary N) is 1. The Morgan fingerprint density at radius 2 is 2.08 bits per heavy atom. The second-order valence-corrected chi connectivity index (χ2v) is 5.58. The van der Waals surface area contributed by atoms with Crippen molar-refractivity contribution in [2.45, 2.75) is 19.8 Å². The molecule has 0 aromatic heterocycles. The van der Waals surface area contributed by atoms with Crippen molar-refractivity contribution in [3.63, 3.8) is 0 Å². The highest BCUT2D eigenvalue weighted by molar-refractivity contribution is 7.90. The molecule has 4 heteroatoms. The molecule has 0 atom stereocenters. The average molecular weight is 205 g/mol. The molecule has 0 aliphatic heterocycles. The van der Waals surface area contributed by atoms with E-state index < -0.39 is 9.84 Å². The predicted octanol–water partition coefficient (Wildman–Crippen LogP) is 0.977. The van der Waals surface area contributed by atoms with Gasteiger partial charge in [-0.1, -0.05) is 11.6 Å². The number of allylic oxidation sites excluding steroid dienone is 1. The second-order valence-electron chi connectivity index (χ2n) is 3.32. The highest BCUT2D eigenvalue weighted by atomic mass is 32.2. The summed E-state index contributed by atoms with van der Waals surface area (Å²) in [5, 5.41) is 3.03. The third kappa shape index (κ3) is 9.56. The van der Waals surface area contributed by atoms with Crippen LogP contribution in [0.25, 0.3) is 0 Å². The Morgan fingerprint density at radius 3 is 2.54 bits per heavy atom. The highest BCUT2D eigenvalue weighted by Gasteiger charge is 2.01. The zero-order valence-electron chi connectivity index (χ0n) is 8.63. The lowest BCUT2D eigenvalue weighted by Crippen LogP contribution is -2.06. The van der Waals surface area contributed by atoms with Crippen molar-refractivity contribution in [3.8, 4) is 0 Å². The second kappa shape index (κ2) is 6.16. The zero-order valence-corrected chi connectivity index (χ0v) is 9.45. The Kier molecular flexibility index (Phi) is 5.99. The maximum Gasteiger partial charge on any atom is 0.147 e. The summed E-state index contributed by atoms with van der Waals surface area (Å²) in [6.07, 6.45) is 4.98. The molecule has 0 bridgehead atoms. The SMILES string of the molecule is CNCCC=C(C)CCS(C)(=O)=O. The number of hydrogen-bond acceptors (Lipinski definition) is 3. The molecule has 0 fully saturated rings. The Hall–Kier alpha value is -0.350. The van der Waals surface area contributed by atoms with Gasteiger partial charge < -0.3 is 5.32 Å². The van der Waals surface area contributed by atoms with Gasteiger partial charge in [-0.25, -0.2) is 8.42 Å². The molecular weight excluding hydrogens is 186 g/mol. The normalized spacial score (nSPS) is 13.3. The fraction of sp³-hybridized carbons (Fsp3) is 0.778. The van der Waals surface area contributed by atoms with Crippen LogP contribution in [0.15, 0.2) is 11.6 Å². The van der Waals surface area contributed by atoms with Crippen LogP contribution in [0.2, 0.25) is 0 Å². The van der Waals surface area contributed by atoms with Crippen molar-refractivity contribution >= 4 is 9.84 Å².